The van der Waals surface area contributed by atoms with E-state index in [4.69, 9.17) is 0 Å². The molecule has 0 radical (unpaired) electrons. The monoisotopic (exact) mass is 240 g/mol. The van der Waals surface area contributed by atoms with Crippen molar-refractivity contribution in [2.45, 2.75) is 24.9 Å². The van der Waals surface area contributed by atoms with Crippen LogP contribution in [0.3, 0.4) is 0 Å². The molecule has 2 N–H and O–H groups in total. The molecule has 1 aromatic rings. The highest BCUT2D eigenvalue weighted by molar-refractivity contribution is 5.92. The number of ether oxygens (including phenoxy) is 1. The largest absolute Gasteiger partial charge is 0.504 e. The molecule has 0 atom stereocenters. The SMILES string of the molecule is COC(=O)c1cc(CC2(O)CC2)cc(F)c1O. The van der Waals surface area contributed by atoms with Gasteiger partial charge in [-0.3, -0.25) is 0 Å². The molecule has 92 valence electrons. The highest BCUT2D eigenvalue weighted by Gasteiger charge is 2.40. The third-order valence-corrected chi connectivity index (χ3v) is 2.89. The van der Waals surface area contributed by atoms with Crippen LogP contribution in [-0.4, -0.2) is 28.9 Å². The molecule has 0 amide bonds. The van der Waals surface area contributed by atoms with E-state index < -0.39 is 23.1 Å². The second-order valence-corrected chi connectivity index (χ2v) is 4.37. The number of carbonyl (C=O) groups is 1. The Hall–Kier alpha value is -1.62. The molecule has 1 aliphatic carbocycles. The Labute approximate surface area is 97.6 Å². The summed E-state index contributed by atoms with van der Waals surface area (Å²) in [5.41, 5.74) is -0.524. The number of halogens is 1. The standard InChI is InChI=1S/C12H13FO4/c1-17-11(15)8-4-7(5-9(13)10(8)14)6-12(16)2-3-12/h4-5,14,16H,2-3,6H2,1H3. The minimum Gasteiger partial charge on any atom is -0.504 e. The third-order valence-electron chi connectivity index (χ3n) is 2.89. The lowest BCUT2D eigenvalue weighted by molar-refractivity contribution is 0.0596. The summed E-state index contributed by atoms with van der Waals surface area (Å²) >= 11 is 0. The average Bonchev–Trinajstić information content (AvgIpc) is 3.00. The number of aliphatic hydroxyl groups is 1. The Morgan fingerprint density at radius 3 is 2.71 bits per heavy atom. The lowest BCUT2D eigenvalue weighted by atomic mass is 10.0. The molecule has 17 heavy (non-hydrogen) atoms. The number of phenols is 1. The summed E-state index contributed by atoms with van der Waals surface area (Å²) in [6, 6.07) is 2.47. The molecule has 1 saturated carbocycles. The van der Waals surface area contributed by atoms with Gasteiger partial charge in [-0.1, -0.05) is 0 Å². The van der Waals surface area contributed by atoms with Gasteiger partial charge in [-0.25, -0.2) is 9.18 Å². The summed E-state index contributed by atoms with van der Waals surface area (Å²) in [4.78, 5) is 11.3. The Kier molecular flexibility index (Phi) is 2.79. The third kappa shape index (κ3) is 2.39. The molecular weight excluding hydrogens is 227 g/mol. The van der Waals surface area contributed by atoms with Gasteiger partial charge in [0, 0.05) is 6.42 Å². The first-order valence-electron chi connectivity index (χ1n) is 5.27. The van der Waals surface area contributed by atoms with Gasteiger partial charge in [0.15, 0.2) is 11.6 Å². The van der Waals surface area contributed by atoms with Crippen LogP contribution in [0.4, 0.5) is 4.39 Å². The zero-order valence-corrected chi connectivity index (χ0v) is 9.36. The van der Waals surface area contributed by atoms with E-state index in [9.17, 15) is 19.4 Å². The maximum absolute atomic E-state index is 13.4. The first kappa shape index (κ1) is 11.9. The minimum atomic E-state index is -0.882. The fourth-order valence-corrected chi connectivity index (χ4v) is 1.72. The van der Waals surface area contributed by atoms with Gasteiger partial charge in [-0.05, 0) is 30.5 Å². The molecule has 0 aromatic heterocycles. The molecule has 0 saturated heterocycles. The van der Waals surface area contributed by atoms with Crippen molar-refractivity contribution in [2.75, 3.05) is 7.11 Å². The van der Waals surface area contributed by atoms with E-state index in [0.717, 1.165) is 13.2 Å². The molecule has 1 aromatic carbocycles. The summed E-state index contributed by atoms with van der Waals surface area (Å²) in [6.45, 7) is 0. The molecule has 0 heterocycles. The molecule has 2 rings (SSSR count). The smallest absolute Gasteiger partial charge is 0.341 e. The van der Waals surface area contributed by atoms with Crippen LogP contribution >= 0.6 is 0 Å². The lowest BCUT2D eigenvalue weighted by Crippen LogP contribution is -2.12. The van der Waals surface area contributed by atoms with Crippen LogP contribution in [0, 0.1) is 5.82 Å². The van der Waals surface area contributed by atoms with Crippen LogP contribution in [0.15, 0.2) is 12.1 Å². The summed E-state index contributed by atoms with van der Waals surface area (Å²) in [7, 11) is 1.15. The van der Waals surface area contributed by atoms with Crippen molar-refractivity contribution in [1.82, 2.24) is 0 Å². The second-order valence-electron chi connectivity index (χ2n) is 4.37. The van der Waals surface area contributed by atoms with Crippen molar-refractivity contribution in [3.8, 4) is 5.75 Å². The Morgan fingerprint density at radius 2 is 2.18 bits per heavy atom. The summed E-state index contributed by atoms with van der Waals surface area (Å²) < 4.78 is 17.8. The van der Waals surface area contributed by atoms with Crippen LogP contribution in [-0.2, 0) is 11.2 Å². The molecule has 0 unspecified atom stereocenters. The number of esters is 1. The van der Waals surface area contributed by atoms with Crippen LogP contribution in [0.25, 0.3) is 0 Å². The predicted octanol–water partition coefficient (Wildman–Crippen LogP) is 1.39. The van der Waals surface area contributed by atoms with Gasteiger partial charge >= 0.3 is 5.97 Å². The van der Waals surface area contributed by atoms with Gasteiger partial charge in [0.05, 0.1) is 12.7 Å². The molecule has 1 fully saturated rings. The maximum atomic E-state index is 13.4. The fraction of sp³-hybridized carbons (Fsp3) is 0.417. The highest BCUT2D eigenvalue weighted by Crippen LogP contribution is 2.39. The number of methoxy groups -OCH3 is 1. The number of rotatable bonds is 3. The normalized spacial score (nSPS) is 16.6. The van der Waals surface area contributed by atoms with E-state index in [1.54, 1.807) is 0 Å². The van der Waals surface area contributed by atoms with Crippen molar-refractivity contribution in [3.05, 3.63) is 29.1 Å². The van der Waals surface area contributed by atoms with Gasteiger partial charge in [0.2, 0.25) is 0 Å². The molecule has 5 heteroatoms. The summed E-state index contributed by atoms with van der Waals surface area (Å²) in [5.74, 6) is -2.40. The van der Waals surface area contributed by atoms with Crippen LogP contribution in [0.1, 0.15) is 28.8 Å². The molecule has 4 nitrogen and oxygen atoms in total. The molecular formula is C12H13FO4. The summed E-state index contributed by atoms with van der Waals surface area (Å²) in [6.07, 6.45) is 1.61. The van der Waals surface area contributed by atoms with Gasteiger partial charge in [0.1, 0.15) is 5.56 Å². The van der Waals surface area contributed by atoms with Crippen molar-refractivity contribution in [3.63, 3.8) is 0 Å². The van der Waals surface area contributed by atoms with E-state index in [1.165, 1.54) is 6.07 Å². The zero-order chi connectivity index (χ0) is 12.6. The Morgan fingerprint density at radius 1 is 1.53 bits per heavy atom. The van der Waals surface area contributed by atoms with E-state index >= 15 is 0 Å². The molecule has 1 aliphatic rings. The van der Waals surface area contributed by atoms with E-state index in [0.29, 0.717) is 18.4 Å². The van der Waals surface area contributed by atoms with Gasteiger partial charge in [-0.15, -0.1) is 0 Å². The van der Waals surface area contributed by atoms with Gasteiger partial charge in [0.25, 0.3) is 0 Å². The lowest BCUT2D eigenvalue weighted by Gasteiger charge is -2.10. The van der Waals surface area contributed by atoms with Crippen molar-refractivity contribution in [1.29, 1.82) is 0 Å². The highest BCUT2D eigenvalue weighted by atomic mass is 19.1. The van der Waals surface area contributed by atoms with E-state index in [1.807, 2.05) is 0 Å². The number of aromatic hydroxyl groups is 1. The molecule has 0 spiro atoms. The van der Waals surface area contributed by atoms with E-state index in [-0.39, 0.29) is 12.0 Å². The number of benzene rings is 1. The van der Waals surface area contributed by atoms with Gasteiger partial charge in [-0.2, -0.15) is 0 Å². The first-order chi connectivity index (χ1) is 7.95. The number of hydrogen-bond acceptors (Lipinski definition) is 4. The van der Waals surface area contributed by atoms with Crippen LogP contribution in [0.5, 0.6) is 5.75 Å². The second kappa shape index (κ2) is 4.00. The van der Waals surface area contributed by atoms with Crippen molar-refractivity contribution >= 4 is 5.97 Å². The van der Waals surface area contributed by atoms with Crippen molar-refractivity contribution in [2.24, 2.45) is 0 Å². The quantitative estimate of drug-likeness (QED) is 0.783. The zero-order valence-electron chi connectivity index (χ0n) is 9.36. The van der Waals surface area contributed by atoms with E-state index in [2.05, 4.69) is 4.74 Å². The average molecular weight is 240 g/mol. The first-order valence-corrected chi connectivity index (χ1v) is 5.27. The molecule has 0 bridgehead atoms. The summed E-state index contributed by atoms with van der Waals surface area (Å²) in [5, 5.41) is 19.1. The predicted molar refractivity (Wildman–Crippen MR) is 57.3 cm³/mol. The fourth-order valence-electron chi connectivity index (χ4n) is 1.72. The van der Waals surface area contributed by atoms with Crippen LogP contribution in [0.2, 0.25) is 0 Å². The van der Waals surface area contributed by atoms with Gasteiger partial charge < -0.3 is 14.9 Å². The topological polar surface area (TPSA) is 66.8 Å². The minimum absolute atomic E-state index is 0.216. The van der Waals surface area contributed by atoms with Crippen LogP contribution < -0.4 is 0 Å². The molecule has 0 aliphatic heterocycles. The Balaban J connectivity index is 2.35. The maximum Gasteiger partial charge on any atom is 0.341 e. The van der Waals surface area contributed by atoms with Crippen molar-refractivity contribution < 1.29 is 24.1 Å². The number of phenolic OH excluding ortho intramolecular Hbond substituents is 1. The number of hydrogen-bond donors (Lipinski definition) is 2. The Bertz CT molecular complexity index is 466. The number of carbonyl (C=O) groups excluding carboxylic acids is 1.